The van der Waals surface area contributed by atoms with E-state index in [4.69, 9.17) is 0 Å². The predicted octanol–water partition coefficient (Wildman–Crippen LogP) is 3.53. The molecule has 2 aromatic rings. The Morgan fingerprint density at radius 1 is 1.04 bits per heavy atom. The van der Waals surface area contributed by atoms with Crippen LogP contribution in [0.5, 0.6) is 0 Å². The van der Waals surface area contributed by atoms with Gasteiger partial charge in [0.25, 0.3) is 5.91 Å². The standard InChI is InChI=1S/C19H21FN2O2/c1-12(2)17(19(24)21-16-6-4-5-15(20)11-16)22-18(23)14-9-7-13(3)8-10-14/h4-12,17H,1-3H3,(H,21,24)(H,22,23)/t17-/m0/s1. The van der Waals surface area contributed by atoms with Gasteiger partial charge in [0, 0.05) is 11.3 Å². The zero-order valence-corrected chi connectivity index (χ0v) is 14.0. The quantitative estimate of drug-likeness (QED) is 0.882. The Balaban J connectivity index is 2.09. The summed E-state index contributed by atoms with van der Waals surface area (Å²) in [6.45, 7) is 5.61. The van der Waals surface area contributed by atoms with Crippen molar-refractivity contribution in [2.45, 2.75) is 26.8 Å². The van der Waals surface area contributed by atoms with E-state index in [0.29, 0.717) is 11.3 Å². The van der Waals surface area contributed by atoms with Crippen molar-refractivity contribution in [3.8, 4) is 0 Å². The van der Waals surface area contributed by atoms with Gasteiger partial charge in [0.05, 0.1) is 0 Å². The van der Waals surface area contributed by atoms with Crippen molar-refractivity contribution in [3.63, 3.8) is 0 Å². The molecule has 0 spiro atoms. The zero-order chi connectivity index (χ0) is 17.7. The summed E-state index contributed by atoms with van der Waals surface area (Å²) in [6.07, 6.45) is 0. The highest BCUT2D eigenvalue weighted by Crippen LogP contribution is 2.12. The van der Waals surface area contributed by atoms with Crippen molar-refractivity contribution in [2.24, 2.45) is 5.92 Å². The van der Waals surface area contributed by atoms with Crippen LogP contribution in [-0.2, 0) is 4.79 Å². The molecule has 2 rings (SSSR count). The van der Waals surface area contributed by atoms with Crippen LogP contribution < -0.4 is 10.6 Å². The number of hydrogen-bond acceptors (Lipinski definition) is 2. The number of nitrogens with one attached hydrogen (secondary N) is 2. The predicted molar refractivity (Wildman–Crippen MR) is 92.3 cm³/mol. The third-order valence-electron chi connectivity index (χ3n) is 3.64. The summed E-state index contributed by atoms with van der Waals surface area (Å²) in [5, 5.41) is 5.38. The van der Waals surface area contributed by atoms with Crippen LogP contribution in [0.15, 0.2) is 48.5 Å². The molecular weight excluding hydrogens is 307 g/mol. The topological polar surface area (TPSA) is 58.2 Å². The Labute approximate surface area is 141 Å². The summed E-state index contributed by atoms with van der Waals surface area (Å²) < 4.78 is 13.2. The first-order valence-electron chi connectivity index (χ1n) is 7.81. The molecule has 4 nitrogen and oxygen atoms in total. The number of aryl methyl sites for hydroxylation is 1. The molecule has 1 atom stereocenters. The molecule has 0 saturated heterocycles. The molecule has 0 radical (unpaired) electrons. The number of carbonyl (C=O) groups excluding carboxylic acids is 2. The molecule has 0 aliphatic carbocycles. The molecule has 0 fully saturated rings. The molecular formula is C19H21FN2O2. The lowest BCUT2D eigenvalue weighted by molar-refractivity contribution is -0.118. The molecule has 2 N–H and O–H groups in total. The Hall–Kier alpha value is -2.69. The Bertz CT molecular complexity index is 726. The van der Waals surface area contributed by atoms with Crippen LogP contribution in [0.4, 0.5) is 10.1 Å². The number of halogens is 1. The van der Waals surface area contributed by atoms with Gasteiger partial charge in [-0.25, -0.2) is 4.39 Å². The van der Waals surface area contributed by atoms with E-state index in [0.717, 1.165) is 5.56 Å². The van der Waals surface area contributed by atoms with E-state index in [-0.39, 0.29) is 17.7 Å². The number of carbonyl (C=O) groups is 2. The van der Waals surface area contributed by atoms with Crippen LogP contribution in [-0.4, -0.2) is 17.9 Å². The van der Waals surface area contributed by atoms with Gasteiger partial charge < -0.3 is 10.6 Å². The third-order valence-corrected chi connectivity index (χ3v) is 3.64. The van der Waals surface area contributed by atoms with Gasteiger partial charge in [-0.1, -0.05) is 37.6 Å². The SMILES string of the molecule is Cc1ccc(C(=O)N[C@H](C(=O)Nc2cccc(F)c2)C(C)C)cc1. The zero-order valence-electron chi connectivity index (χ0n) is 14.0. The van der Waals surface area contributed by atoms with Crippen LogP contribution in [0.1, 0.15) is 29.8 Å². The summed E-state index contributed by atoms with van der Waals surface area (Å²) in [5.74, 6) is -1.25. The highest BCUT2D eigenvalue weighted by atomic mass is 19.1. The monoisotopic (exact) mass is 328 g/mol. The maximum Gasteiger partial charge on any atom is 0.251 e. The summed E-state index contributed by atoms with van der Waals surface area (Å²) in [7, 11) is 0. The summed E-state index contributed by atoms with van der Waals surface area (Å²) in [5.41, 5.74) is 1.90. The number of rotatable bonds is 5. The second-order valence-corrected chi connectivity index (χ2v) is 6.06. The lowest BCUT2D eigenvalue weighted by Gasteiger charge is -2.22. The number of benzene rings is 2. The van der Waals surface area contributed by atoms with E-state index < -0.39 is 11.9 Å². The number of amides is 2. The molecule has 24 heavy (non-hydrogen) atoms. The lowest BCUT2D eigenvalue weighted by atomic mass is 10.0. The minimum absolute atomic E-state index is 0.118. The van der Waals surface area contributed by atoms with E-state index in [9.17, 15) is 14.0 Å². The molecule has 0 aliphatic rings. The smallest absolute Gasteiger partial charge is 0.251 e. The average Bonchev–Trinajstić information content (AvgIpc) is 2.52. The molecule has 0 unspecified atom stereocenters. The number of anilines is 1. The highest BCUT2D eigenvalue weighted by Gasteiger charge is 2.24. The maximum absolute atomic E-state index is 13.2. The molecule has 0 saturated carbocycles. The molecule has 0 heterocycles. The van der Waals surface area contributed by atoms with Gasteiger partial charge in [-0.3, -0.25) is 9.59 Å². The summed E-state index contributed by atoms with van der Waals surface area (Å²) in [4.78, 5) is 24.8. The first-order chi connectivity index (χ1) is 11.4. The lowest BCUT2D eigenvalue weighted by Crippen LogP contribution is -2.47. The first-order valence-corrected chi connectivity index (χ1v) is 7.81. The van der Waals surface area contributed by atoms with Gasteiger partial charge in [0.15, 0.2) is 0 Å². The van der Waals surface area contributed by atoms with E-state index >= 15 is 0 Å². The minimum Gasteiger partial charge on any atom is -0.340 e. The molecule has 2 amide bonds. The van der Waals surface area contributed by atoms with Crippen molar-refractivity contribution >= 4 is 17.5 Å². The second kappa shape index (κ2) is 7.73. The van der Waals surface area contributed by atoms with Gasteiger partial charge in [-0.15, -0.1) is 0 Å². The summed E-state index contributed by atoms with van der Waals surface area (Å²) in [6, 6.07) is 12.0. The fourth-order valence-electron chi connectivity index (χ4n) is 2.25. The van der Waals surface area contributed by atoms with Crippen molar-refractivity contribution in [1.82, 2.24) is 5.32 Å². The van der Waals surface area contributed by atoms with Crippen LogP contribution in [0.3, 0.4) is 0 Å². The molecule has 5 heteroatoms. The molecule has 0 aromatic heterocycles. The Kier molecular flexibility index (Phi) is 5.68. The molecule has 0 aliphatic heterocycles. The molecule has 126 valence electrons. The van der Waals surface area contributed by atoms with E-state index in [1.54, 1.807) is 18.2 Å². The van der Waals surface area contributed by atoms with Crippen molar-refractivity contribution < 1.29 is 14.0 Å². The van der Waals surface area contributed by atoms with E-state index in [1.807, 2.05) is 32.9 Å². The van der Waals surface area contributed by atoms with Gasteiger partial charge in [-0.05, 0) is 43.2 Å². The van der Waals surface area contributed by atoms with Gasteiger partial charge in [0.2, 0.25) is 5.91 Å². The van der Waals surface area contributed by atoms with Crippen LogP contribution in [0.2, 0.25) is 0 Å². The van der Waals surface area contributed by atoms with Gasteiger partial charge in [0.1, 0.15) is 11.9 Å². The largest absolute Gasteiger partial charge is 0.340 e. The van der Waals surface area contributed by atoms with Gasteiger partial charge >= 0.3 is 0 Å². The Morgan fingerprint density at radius 3 is 2.29 bits per heavy atom. The number of hydrogen-bond donors (Lipinski definition) is 2. The average molecular weight is 328 g/mol. The highest BCUT2D eigenvalue weighted by molar-refractivity contribution is 6.01. The normalized spacial score (nSPS) is 11.9. The third kappa shape index (κ3) is 4.65. The van der Waals surface area contributed by atoms with Crippen LogP contribution >= 0.6 is 0 Å². The molecule has 2 aromatic carbocycles. The van der Waals surface area contributed by atoms with Crippen LogP contribution in [0, 0.1) is 18.7 Å². The maximum atomic E-state index is 13.2. The van der Waals surface area contributed by atoms with Crippen molar-refractivity contribution in [3.05, 3.63) is 65.5 Å². The first kappa shape index (κ1) is 17.7. The molecule has 0 bridgehead atoms. The Morgan fingerprint density at radius 2 is 1.71 bits per heavy atom. The van der Waals surface area contributed by atoms with Crippen LogP contribution in [0.25, 0.3) is 0 Å². The fourth-order valence-corrected chi connectivity index (χ4v) is 2.25. The van der Waals surface area contributed by atoms with Crippen molar-refractivity contribution in [1.29, 1.82) is 0 Å². The second-order valence-electron chi connectivity index (χ2n) is 6.06. The fraction of sp³-hybridized carbons (Fsp3) is 0.263. The minimum atomic E-state index is -0.720. The summed E-state index contributed by atoms with van der Waals surface area (Å²) >= 11 is 0. The van der Waals surface area contributed by atoms with Gasteiger partial charge in [-0.2, -0.15) is 0 Å². The van der Waals surface area contributed by atoms with Crippen molar-refractivity contribution in [2.75, 3.05) is 5.32 Å². The van der Waals surface area contributed by atoms with E-state index in [2.05, 4.69) is 10.6 Å². The van der Waals surface area contributed by atoms with E-state index in [1.165, 1.54) is 18.2 Å².